The number of hydrogen-bond donors (Lipinski definition) is 1. The molecule has 114 valence electrons. The van der Waals surface area contributed by atoms with E-state index in [1.54, 1.807) is 24.3 Å². The first-order valence-corrected chi connectivity index (χ1v) is 9.16. The van der Waals surface area contributed by atoms with E-state index in [4.69, 9.17) is 0 Å². The molecule has 2 aliphatic rings. The van der Waals surface area contributed by atoms with Crippen molar-refractivity contribution in [3.63, 3.8) is 0 Å². The zero-order valence-electron chi connectivity index (χ0n) is 12.4. The van der Waals surface area contributed by atoms with Crippen LogP contribution in [0.1, 0.15) is 50.5 Å². The number of aryl methyl sites for hydroxylation is 1. The maximum absolute atomic E-state index is 12.3. The summed E-state index contributed by atoms with van der Waals surface area (Å²) < 4.78 is 24.6. The second kappa shape index (κ2) is 5.44. The van der Waals surface area contributed by atoms with Crippen molar-refractivity contribution < 1.29 is 8.42 Å². The normalized spacial score (nSPS) is 23.0. The summed E-state index contributed by atoms with van der Waals surface area (Å²) >= 11 is 0. The van der Waals surface area contributed by atoms with Crippen molar-refractivity contribution >= 4 is 15.7 Å². The molecule has 21 heavy (non-hydrogen) atoms. The topological polar surface area (TPSA) is 58.5 Å². The van der Waals surface area contributed by atoms with Crippen LogP contribution in [0, 0.1) is 12.3 Å². The van der Waals surface area contributed by atoms with Crippen LogP contribution in [0.25, 0.3) is 0 Å². The molecule has 5 heteroatoms. The van der Waals surface area contributed by atoms with Crippen LogP contribution in [0.3, 0.4) is 0 Å². The Morgan fingerprint density at radius 2 is 1.67 bits per heavy atom. The van der Waals surface area contributed by atoms with Gasteiger partial charge in [-0.3, -0.25) is 0 Å². The summed E-state index contributed by atoms with van der Waals surface area (Å²) in [4.78, 5) is 2.72. The molecular formula is C16H22N2O2S. The molecule has 4 nitrogen and oxygen atoms in total. The molecule has 0 heterocycles. The molecule has 0 unspecified atom stereocenters. The van der Waals surface area contributed by atoms with Gasteiger partial charge in [0.2, 0.25) is 0 Å². The molecular weight excluding hydrogens is 284 g/mol. The van der Waals surface area contributed by atoms with Gasteiger partial charge in [-0.2, -0.15) is 13.5 Å². The summed E-state index contributed by atoms with van der Waals surface area (Å²) in [6.07, 6.45) is 8.03. The van der Waals surface area contributed by atoms with E-state index in [1.165, 1.54) is 12.8 Å². The molecule has 0 saturated heterocycles. The number of rotatable bonds is 3. The first kappa shape index (κ1) is 14.6. The summed E-state index contributed by atoms with van der Waals surface area (Å²) in [5.41, 5.74) is 2.30. The van der Waals surface area contributed by atoms with Gasteiger partial charge in [-0.25, -0.2) is 4.83 Å². The minimum atomic E-state index is -3.55. The van der Waals surface area contributed by atoms with Crippen LogP contribution in [0.2, 0.25) is 0 Å². The van der Waals surface area contributed by atoms with E-state index in [0.29, 0.717) is 0 Å². The summed E-state index contributed by atoms with van der Waals surface area (Å²) in [6.45, 7) is 1.94. The Morgan fingerprint density at radius 3 is 2.33 bits per heavy atom. The van der Waals surface area contributed by atoms with Crippen molar-refractivity contribution in [3.8, 4) is 0 Å². The van der Waals surface area contributed by atoms with Crippen molar-refractivity contribution in [2.24, 2.45) is 10.5 Å². The summed E-state index contributed by atoms with van der Waals surface area (Å²) in [5.74, 6) is 0. The van der Waals surface area contributed by atoms with Crippen molar-refractivity contribution in [3.05, 3.63) is 29.8 Å². The first-order chi connectivity index (χ1) is 10.0. The van der Waals surface area contributed by atoms with Gasteiger partial charge in [0.25, 0.3) is 10.0 Å². The Bertz CT molecular complexity index is 636. The molecule has 2 fully saturated rings. The van der Waals surface area contributed by atoms with Crippen molar-refractivity contribution in [1.29, 1.82) is 0 Å². The molecule has 0 atom stereocenters. The average molecular weight is 306 g/mol. The third-order valence-electron chi connectivity index (χ3n) is 4.87. The lowest BCUT2D eigenvalue weighted by molar-refractivity contribution is 0.426. The van der Waals surface area contributed by atoms with Gasteiger partial charge in [0.15, 0.2) is 0 Å². The van der Waals surface area contributed by atoms with E-state index in [2.05, 4.69) is 9.93 Å². The highest BCUT2D eigenvalue weighted by Crippen LogP contribution is 2.48. The first-order valence-electron chi connectivity index (χ1n) is 7.67. The minimum absolute atomic E-state index is 0.190. The van der Waals surface area contributed by atoms with Crippen molar-refractivity contribution in [2.45, 2.75) is 56.8 Å². The number of sulfonamides is 1. The van der Waals surface area contributed by atoms with E-state index < -0.39 is 10.0 Å². The minimum Gasteiger partial charge on any atom is -0.200 e. The molecule has 2 aliphatic carbocycles. The predicted molar refractivity (Wildman–Crippen MR) is 83.7 cm³/mol. The smallest absolute Gasteiger partial charge is 0.200 e. The zero-order valence-corrected chi connectivity index (χ0v) is 13.2. The fraction of sp³-hybridized carbons (Fsp3) is 0.562. The number of nitrogens with one attached hydrogen (secondary N) is 1. The molecule has 1 aromatic rings. The standard InChI is InChI=1S/C16H22N2O2S/c1-13-6-8-14(9-7-13)21(19,20)18-17-15-5-4-12-16(15)10-2-3-11-16/h6-9,18H,2-5,10-12H2,1H3/b17-15+. The van der Waals surface area contributed by atoms with Crippen molar-refractivity contribution in [2.75, 3.05) is 0 Å². The highest BCUT2D eigenvalue weighted by Gasteiger charge is 2.42. The van der Waals surface area contributed by atoms with Gasteiger partial charge in [0, 0.05) is 11.1 Å². The van der Waals surface area contributed by atoms with Gasteiger partial charge < -0.3 is 0 Å². The highest BCUT2D eigenvalue weighted by molar-refractivity contribution is 7.89. The molecule has 0 radical (unpaired) electrons. The fourth-order valence-corrected chi connectivity index (χ4v) is 4.48. The number of nitrogens with zero attached hydrogens (tertiary/aromatic N) is 1. The SMILES string of the molecule is Cc1ccc(S(=O)(=O)N/N=C2\CCCC23CCCC3)cc1. The van der Waals surface area contributed by atoms with Gasteiger partial charge in [-0.1, -0.05) is 30.5 Å². The largest absolute Gasteiger partial charge is 0.276 e. The van der Waals surface area contributed by atoms with Crippen LogP contribution in [0.4, 0.5) is 0 Å². The lowest BCUT2D eigenvalue weighted by Gasteiger charge is -2.23. The third-order valence-corrected chi connectivity index (χ3v) is 6.10. The van der Waals surface area contributed by atoms with Crippen LogP contribution < -0.4 is 4.83 Å². The molecule has 1 spiro atoms. The van der Waals surface area contributed by atoms with Gasteiger partial charge in [0.1, 0.15) is 0 Å². The molecule has 0 aromatic heterocycles. The molecule has 0 aliphatic heterocycles. The quantitative estimate of drug-likeness (QED) is 0.870. The Kier molecular flexibility index (Phi) is 3.78. The molecule has 1 aromatic carbocycles. The molecule has 1 N–H and O–H groups in total. The van der Waals surface area contributed by atoms with Gasteiger partial charge >= 0.3 is 0 Å². The van der Waals surface area contributed by atoms with E-state index >= 15 is 0 Å². The average Bonchev–Trinajstić information content (AvgIpc) is 3.08. The van der Waals surface area contributed by atoms with Crippen LogP contribution in [0.15, 0.2) is 34.3 Å². The molecule has 2 saturated carbocycles. The van der Waals surface area contributed by atoms with E-state index in [1.807, 2.05) is 6.92 Å². The lowest BCUT2D eigenvalue weighted by atomic mass is 9.83. The van der Waals surface area contributed by atoms with Crippen LogP contribution in [-0.2, 0) is 10.0 Å². The van der Waals surface area contributed by atoms with E-state index in [9.17, 15) is 8.42 Å². The summed E-state index contributed by atoms with van der Waals surface area (Å²) in [7, 11) is -3.55. The lowest BCUT2D eigenvalue weighted by Crippen LogP contribution is -2.27. The van der Waals surface area contributed by atoms with E-state index in [-0.39, 0.29) is 10.3 Å². The second-order valence-corrected chi connectivity index (χ2v) is 7.97. The van der Waals surface area contributed by atoms with Crippen LogP contribution in [0.5, 0.6) is 0 Å². The van der Waals surface area contributed by atoms with Crippen LogP contribution >= 0.6 is 0 Å². The third kappa shape index (κ3) is 2.84. The van der Waals surface area contributed by atoms with Crippen LogP contribution in [-0.4, -0.2) is 14.1 Å². The Morgan fingerprint density at radius 1 is 1.05 bits per heavy atom. The monoisotopic (exact) mass is 306 g/mol. The number of hydrazone groups is 1. The van der Waals surface area contributed by atoms with Crippen molar-refractivity contribution in [1.82, 2.24) is 4.83 Å². The number of benzene rings is 1. The maximum Gasteiger partial charge on any atom is 0.276 e. The molecule has 0 amide bonds. The fourth-order valence-electron chi connectivity index (χ4n) is 3.65. The Labute approximate surface area is 126 Å². The Balaban J connectivity index is 1.80. The highest BCUT2D eigenvalue weighted by atomic mass is 32.2. The molecule has 0 bridgehead atoms. The Hall–Kier alpha value is -1.36. The van der Waals surface area contributed by atoms with Gasteiger partial charge in [0.05, 0.1) is 4.90 Å². The van der Waals surface area contributed by atoms with Gasteiger partial charge in [-0.15, -0.1) is 0 Å². The molecule has 3 rings (SSSR count). The predicted octanol–water partition coefficient (Wildman–Crippen LogP) is 3.37. The summed E-state index contributed by atoms with van der Waals surface area (Å²) in [5, 5.41) is 4.31. The van der Waals surface area contributed by atoms with E-state index in [0.717, 1.165) is 43.4 Å². The maximum atomic E-state index is 12.3. The zero-order chi connectivity index (χ0) is 14.9. The van der Waals surface area contributed by atoms with Gasteiger partial charge in [-0.05, 0) is 51.2 Å². The number of hydrogen-bond acceptors (Lipinski definition) is 3. The summed E-state index contributed by atoms with van der Waals surface area (Å²) in [6, 6.07) is 6.85. The second-order valence-electron chi connectivity index (χ2n) is 6.31.